The smallest absolute Gasteiger partial charge is 0.243 e. The van der Waals surface area contributed by atoms with Crippen molar-refractivity contribution in [3.05, 3.63) is 70.4 Å². The van der Waals surface area contributed by atoms with Crippen molar-refractivity contribution in [3.8, 4) is 0 Å². The molecule has 0 saturated carbocycles. The largest absolute Gasteiger partial charge is 0.358 e. The molecule has 0 amide bonds. The van der Waals surface area contributed by atoms with E-state index in [2.05, 4.69) is 32.0 Å². The molecular formula is C24H26Cl2F2N7+. The summed E-state index contributed by atoms with van der Waals surface area (Å²) in [6, 6.07) is 9.19. The highest BCUT2D eigenvalue weighted by Gasteiger charge is 2.32. The van der Waals surface area contributed by atoms with E-state index in [1.807, 2.05) is 48.0 Å². The summed E-state index contributed by atoms with van der Waals surface area (Å²) < 4.78 is 30.4. The lowest BCUT2D eigenvalue weighted by Gasteiger charge is -2.36. The maximum atomic E-state index is 13.1. The Morgan fingerprint density at radius 3 is 2.80 bits per heavy atom. The number of H-pyrrole nitrogens is 1. The third-order valence-corrected chi connectivity index (χ3v) is 7.15. The first-order valence-electron chi connectivity index (χ1n) is 11.3. The fraction of sp³-hybridized carbons (Fsp3) is 0.333. The minimum absolute atomic E-state index is 0.0884. The van der Waals surface area contributed by atoms with Crippen LogP contribution in [0.15, 0.2) is 49.1 Å². The Kier molecular flexibility index (Phi) is 6.57. The predicted octanol–water partition coefficient (Wildman–Crippen LogP) is 4.81. The number of likely N-dealkylation sites (N-methyl/N-ethyl adjacent to an activating group) is 1. The van der Waals surface area contributed by atoms with Gasteiger partial charge in [-0.3, -0.25) is 4.90 Å². The van der Waals surface area contributed by atoms with E-state index in [-0.39, 0.29) is 11.1 Å². The lowest BCUT2D eigenvalue weighted by Crippen LogP contribution is -2.42. The first-order chi connectivity index (χ1) is 16.8. The third-order valence-electron chi connectivity index (χ3n) is 6.62. The summed E-state index contributed by atoms with van der Waals surface area (Å²) >= 11 is 12.2. The van der Waals surface area contributed by atoms with Gasteiger partial charge in [-0.15, -0.1) is 0 Å². The molecule has 0 fully saturated rings. The Hall–Kier alpha value is -2.88. The molecule has 3 aromatic heterocycles. The van der Waals surface area contributed by atoms with Gasteiger partial charge >= 0.3 is 0 Å². The number of hydrogen-bond acceptors (Lipinski definition) is 4. The Balaban J connectivity index is 1.40. The summed E-state index contributed by atoms with van der Waals surface area (Å²) in [5.74, 6) is -0.106. The number of fused-ring (bicyclic) bond motifs is 3. The number of aromatic amines is 1. The highest BCUT2D eigenvalue weighted by Crippen LogP contribution is 2.36. The summed E-state index contributed by atoms with van der Waals surface area (Å²) in [5, 5.41) is 0.760. The molecule has 0 aliphatic carbocycles. The molecule has 0 radical (unpaired) electrons. The summed E-state index contributed by atoms with van der Waals surface area (Å²) in [4.78, 5) is 12.0. The van der Waals surface area contributed by atoms with Gasteiger partial charge in [-0.25, -0.2) is 14.1 Å². The van der Waals surface area contributed by atoms with E-state index in [4.69, 9.17) is 23.2 Å². The second-order valence-corrected chi connectivity index (χ2v) is 9.76. The number of nitrogens with zero attached hydrogens (tertiary/aromatic N) is 6. The topological polar surface area (TPSA) is 47.2 Å². The van der Waals surface area contributed by atoms with Crippen LogP contribution in [-0.2, 0) is 20.0 Å². The van der Waals surface area contributed by atoms with Crippen LogP contribution in [0.1, 0.15) is 17.3 Å². The van der Waals surface area contributed by atoms with E-state index in [0.717, 1.165) is 36.6 Å². The molecule has 35 heavy (non-hydrogen) atoms. The van der Waals surface area contributed by atoms with E-state index in [0.29, 0.717) is 12.4 Å². The van der Waals surface area contributed by atoms with Crippen molar-refractivity contribution in [1.82, 2.24) is 19.4 Å². The number of hydrogen-bond donors (Lipinski definition) is 1. The minimum atomic E-state index is -1.05. The molecule has 5 rings (SSSR count). The monoisotopic (exact) mass is 520 g/mol. The number of aryl methyl sites for hydroxylation is 1. The van der Waals surface area contributed by atoms with Crippen LogP contribution in [0.25, 0.3) is 10.9 Å². The van der Waals surface area contributed by atoms with E-state index in [1.54, 1.807) is 6.07 Å². The molecule has 1 aliphatic heterocycles. The van der Waals surface area contributed by atoms with Gasteiger partial charge in [0.05, 0.1) is 18.1 Å². The van der Waals surface area contributed by atoms with E-state index >= 15 is 0 Å². The van der Waals surface area contributed by atoms with Crippen LogP contribution in [0, 0.1) is 0 Å². The summed E-state index contributed by atoms with van der Waals surface area (Å²) in [7, 11) is 3.85. The second kappa shape index (κ2) is 9.64. The molecular weight excluding hydrogens is 495 g/mol. The van der Waals surface area contributed by atoms with Crippen LogP contribution >= 0.6 is 23.2 Å². The summed E-state index contributed by atoms with van der Waals surface area (Å²) in [6.45, 7) is 3.00. The summed E-state index contributed by atoms with van der Waals surface area (Å²) in [5.41, 5.74) is 3.59. The lowest BCUT2D eigenvalue weighted by atomic mass is 9.97. The molecule has 1 unspecified atom stereocenters. The quantitative estimate of drug-likeness (QED) is 0.280. The molecule has 4 heterocycles. The van der Waals surface area contributed by atoms with Crippen molar-refractivity contribution in [2.24, 2.45) is 7.05 Å². The Bertz CT molecular complexity index is 1350. The normalized spacial score (nSPS) is 16.0. The van der Waals surface area contributed by atoms with Gasteiger partial charge in [-0.2, -0.15) is 0 Å². The van der Waals surface area contributed by atoms with Gasteiger partial charge in [0.25, 0.3) is 0 Å². The van der Waals surface area contributed by atoms with E-state index in [9.17, 15) is 8.96 Å². The van der Waals surface area contributed by atoms with Crippen molar-refractivity contribution in [2.75, 3.05) is 36.9 Å². The molecule has 0 bridgehead atoms. The van der Waals surface area contributed by atoms with Crippen LogP contribution in [-0.4, -0.2) is 46.1 Å². The molecule has 1 aromatic carbocycles. The Labute approximate surface area is 212 Å². The zero-order valence-corrected chi connectivity index (χ0v) is 20.9. The Morgan fingerprint density at radius 1 is 1.23 bits per heavy atom. The van der Waals surface area contributed by atoms with Gasteiger partial charge in [0, 0.05) is 48.3 Å². The van der Waals surface area contributed by atoms with Gasteiger partial charge in [0.1, 0.15) is 24.8 Å². The van der Waals surface area contributed by atoms with Gasteiger partial charge in [-0.1, -0.05) is 32.2 Å². The average molecular weight is 521 g/mol. The number of pyridine rings is 1. The maximum absolute atomic E-state index is 13.1. The van der Waals surface area contributed by atoms with E-state index < -0.39 is 11.2 Å². The molecule has 4 aromatic rings. The van der Waals surface area contributed by atoms with Crippen molar-refractivity contribution in [2.45, 2.75) is 19.0 Å². The van der Waals surface area contributed by atoms with Crippen LogP contribution in [0.5, 0.6) is 0 Å². The molecule has 0 saturated heterocycles. The number of benzene rings is 1. The van der Waals surface area contributed by atoms with Crippen LogP contribution in [0.4, 0.5) is 20.6 Å². The van der Waals surface area contributed by atoms with Crippen molar-refractivity contribution < 1.29 is 13.5 Å². The first-order valence-corrected chi connectivity index (χ1v) is 12.1. The van der Waals surface area contributed by atoms with Gasteiger partial charge < -0.3 is 9.88 Å². The lowest BCUT2D eigenvalue weighted by molar-refractivity contribution is -0.671. The summed E-state index contributed by atoms with van der Waals surface area (Å²) in [6.07, 6.45) is 7.06. The van der Waals surface area contributed by atoms with Gasteiger partial charge in [0.15, 0.2) is 0 Å². The molecule has 11 heteroatoms. The molecule has 7 nitrogen and oxygen atoms in total. The fourth-order valence-corrected chi connectivity index (χ4v) is 5.16. The Morgan fingerprint density at radius 2 is 2.06 bits per heavy atom. The zero-order valence-electron chi connectivity index (χ0n) is 19.4. The third kappa shape index (κ3) is 4.80. The second-order valence-electron chi connectivity index (χ2n) is 8.91. The minimum Gasteiger partial charge on any atom is -0.358 e. The fourth-order valence-electron chi connectivity index (χ4n) is 4.82. The highest BCUT2D eigenvalue weighted by molar-refractivity contribution is 6.33. The van der Waals surface area contributed by atoms with Crippen molar-refractivity contribution in [1.29, 1.82) is 0 Å². The van der Waals surface area contributed by atoms with Crippen molar-refractivity contribution in [3.63, 3.8) is 0 Å². The highest BCUT2D eigenvalue weighted by atomic mass is 35.5. The number of imidazole rings is 1. The number of halogens is 4. The van der Waals surface area contributed by atoms with E-state index in [1.165, 1.54) is 22.7 Å². The number of aromatic nitrogens is 4. The van der Waals surface area contributed by atoms with Crippen molar-refractivity contribution >= 4 is 45.7 Å². The van der Waals surface area contributed by atoms with Gasteiger partial charge in [-0.05, 0) is 47.7 Å². The van der Waals surface area contributed by atoms with Crippen LogP contribution < -0.4 is 14.8 Å². The standard InChI is InChI=1S/C24H26Cl2F2N7/c1-31-9-11-33(15-31)14-21-23-17(18-13-16(25)3-5-20(18)29-23)7-8-34(21)12-10-32(2)22-6-4-19(26)24(30-22)35(27)28/h3-6,9,11,13,15,21,29H,7-8,10,12,14H2,1-2H3/q+1. The maximum Gasteiger partial charge on any atom is 0.243 e. The van der Waals surface area contributed by atoms with Crippen LogP contribution in [0.2, 0.25) is 10.0 Å². The average Bonchev–Trinajstić information content (AvgIpc) is 3.41. The first kappa shape index (κ1) is 23.8. The predicted molar refractivity (Wildman–Crippen MR) is 134 cm³/mol. The molecule has 184 valence electrons. The molecule has 0 spiro atoms. The SMILES string of the molecule is CN(CCN1CCc2c([nH]c3ccc(Cl)cc23)C1Cn1cc[n+](C)c1)c1ccc(Cl)c(N(F)F)n1. The van der Waals surface area contributed by atoms with Gasteiger partial charge in [0.2, 0.25) is 12.1 Å². The number of rotatable bonds is 7. The molecule has 1 atom stereocenters. The number of anilines is 2. The molecule has 1 N–H and O–H groups in total. The number of nitrogens with one attached hydrogen (secondary N) is 1. The molecule has 1 aliphatic rings. The van der Waals surface area contributed by atoms with Crippen LogP contribution in [0.3, 0.4) is 0 Å². The zero-order chi connectivity index (χ0) is 24.7.